The van der Waals surface area contributed by atoms with Gasteiger partial charge in [0, 0.05) is 16.6 Å². The molecule has 36 heavy (non-hydrogen) atoms. The molecule has 0 fully saturated rings. The van der Waals surface area contributed by atoms with Gasteiger partial charge in [0.2, 0.25) is 5.91 Å². The molecular weight excluding hydrogens is 504 g/mol. The van der Waals surface area contributed by atoms with E-state index in [1.54, 1.807) is 51.5 Å². The van der Waals surface area contributed by atoms with Gasteiger partial charge in [-0.25, -0.2) is 8.42 Å². The van der Waals surface area contributed by atoms with Gasteiger partial charge in [-0.3, -0.25) is 9.52 Å². The van der Waals surface area contributed by atoms with E-state index in [1.165, 1.54) is 50.2 Å². The van der Waals surface area contributed by atoms with Crippen molar-refractivity contribution in [2.24, 2.45) is 0 Å². The number of anilines is 2. The first-order valence-electron chi connectivity index (χ1n) is 10.7. The Labute approximate surface area is 215 Å². The zero-order valence-corrected chi connectivity index (χ0v) is 22.2. The van der Waals surface area contributed by atoms with E-state index in [-0.39, 0.29) is 16.5 Å². The predicted molar refractivity (Wildman–Crippen MR) is 140 cm³/mol. The van der Waals surface area contributed by atoms with Crippen LogP contribution in [0, 0.1) is 0 Å². The van der Waals surface area contributed by atoms with Gasteiger partial charge in [0.05, 0.1) is 44.3 Å². The number of carbonyl (C=O) groups excluding carboxylic acids is 1. The molecule has 0 unspecified atom stereocenters. The summed E-state index contributed by atoms with van der Waals surface area (Å²) in [5, 5.41) is 2.39. The van der Waals surface area contributed by atoms with Crippen LogP contribution >= 0.6 is 11.8 Å². The Balaban J connectivity index is 1.66. The van der Waals surface area contributed by atoms with E-state index in [2.05, 4.69) is 10.0 Å². The van der Waals surface area contributed by atoms with E-state index in [9.17, 15) is 13.2 Å². The lowest BCUT2D eigenvalue weighted by Crippen LogP contribution is -2.22. The Kier molecular flexibility index (Phi) is 8.94. The molecule has 192 valence electrons. The van der Waals surface area contributed by atoms with Gasteiger partial charge in [-0.05, 0) is 61.5 Å². The second-order valence-electron chi connectivity index (χ2n) is 7.46. The van der Waals surface area contributed by atoms with Crippen molar-refractivity contribution in [1.82, 2.24) is 0 Å². The third kappa shape index (κ3) is 6.55. The number of nitrogens with one attached hydrogen (secondary N) is 2. The van der Waals surface area contributed by atoms with Crippen LogP contribution in [0.2, 0.25) is 0 Å². The van der Waals surface area contributed by atoms with Crippen LogP contribution in [0.4, 0.5) is 11.4 Å². The van der Waals surface area contributed by atoms with Gasteiger partial charge in [-0.2, -0.15) is 0 Å². The number of benzene rings is 3. The summed E-state index contributed by atoms with van der Waals surface area (Å²) in [6, 6.07) is 16.1. The molecule has 1 atom stereocenters. The fraction of sp³-hybridized carbons (Fsp3) is 0.240. The molecule has 0 spiro atoms. The maximum atomic E-state index is 12.9. The van der Waals surface area contributed by atoms with E-state index >= 15 is 0 Å². The van der Waals surface area contributed by atoms with Crippen molar-refractivity contribution in [3.63, 3.8) is 0 Å². The van der Waals surface area contributed by atoms with E-state index < -0.39 is 15.3 Å². The number of rotatable bonds is 11. The van der Waals surface area contributed by atoms with Crippen molar-refractivity contribution < 1.29 is 32.2 Å². The van der Waals surface area contributed by atoms with Crippen molar-refractivity contribution >= 4 is 39.1 Å². The van der Waals surface area contributed by atoms with Gasteiger partial charge in [0.1, 0.15) is 11.5 Å². The van der Waals surface area contributed by atoms with Gasteiger partial charge in [0.15, 0.2) is 11.5 Å². The van der Waals surface area contributed by atoms with Crippen LogP contribution < -0.4 is 29.0 Å². The summed E-state index contributed by atoms with van der Waals surface area (Å²) in [5.74, 6) is 1.81. The maximum Gasteiger partial charge on any atom is 0.262 e. The molecule has 9 nitrogen and oxygen atoms in total. The normalized spacial score (nSPS) is 11.8. The van der Waals surface area contributed by atoms with Gasteiger partial charge < -0.3 is 24.3 Å². The number of hydrogen-bond acceptors (Lipinski definition) is 8. The average Bonchev–Trinajstić information content (AvgIpc) is 2.88. The quantitative estimate of drug-likeness (QED) is 0.344. The number of thioether (sulfide) groups is 1. The number of hydrogen-bond donors (Lipinski definition) is 2. The van der Waals surface area contributed by atoms with Crippen molar-refractivity contribution in [2.45, 2.75) is 22.0 Å². The Hall–Kier alpha value is -3.57. The maximum absolute atomic E-state index is 12.9. The molecular formula is C25H28N2O7S2. The minimum absolute atomic E-state index is 0.0334. The highest BCUT2D eigenvalue weighted by Crippen LogP contribution is 2.34. The van der Waals surface area contributed by atoms with Crippen LogP contribution in [-0.2, 0) is 14.8 Å². The molecule has 0 aliphatic heterocycles. The van der Waals surface area contributed by atoms with E-state index in [0.29, 0.717) is 28.7 Å². The lowest BCUT2D eigenvalue weighted by Gasteiger charge is -2.15. The van der Waals surface area contributed by atoms with Crippen LogP contribution in [0.1, 0.15) is 6.92 Å². The fourth-order valence-electron chi connectivity index (χ4n) is 3.20. The van der Waals surface area contributed by atoms with Crippen molar-refractivity contribution in [3.05, 3.63) is 60.7 Å². The molecule has 11 heteroatoms. The smallest absolute Gasteiger partial charge is 0.262 e. The first-order valence-corrected chi connectivity index (χ1v) is 13.1. The van der Waals surface area contributed by atoms with Crippen molar-refractivity contribution in [3.8, 4) is 23.0 Å². The molecule has 0 saturated carbocycles. The highest BCUT2D eigenvalue weighted by atomic mass is 32.2. The van der Waals surface area contributed by atoms with Crippen LogP contribution in [0.3, 0.4) is 0 Å². The molecule has 3 aromatic rings. The third-order valence-corrected chi connectivity index (χ3v) is 7.60. The van der Waals surface area contributed by atoms with Gasteiger partial charge in [-0.15, -0.1) is 11.8 Å². The molecule has 0 saturated heterocycles. The summed E-state index contributed by atoms with van der Waals surface area (Å²) in [4.78, 5) is 13.6. The van der Waals surface area contributed by atoms with Crippen molar-refractivity contribution in [1.29, 1.82) is 0 Å². The molecule has 0 aliphatic carbocycles. The van der Waals surface area contributed by atoms with Gasteiger partial charge in [0.25, 0.3) is 10.0 Å². The van der Waals surface area contributed by atoms with Gasteiger partial charge in [-0.1, -0.05) is 0 Å². The molecule has 0 radical (unpaired) electrons. The molecule has 0 heterocycles. The Morgan fingerprint density at radius 1 is 0.806 bits per heavy atom. The summed E-state index contributed by atoms with van der Waals surface area (Å²) >= 11 is 1.36. The Morgan fingerprint density at radius 3 is 2.08 bits per heavy atom. The summed E-state index contributed by atoms with van der Waals surface area (Å²) in [7, 11) is 2.17. The largest absolute Gasteiger partial charge is 0.497 e. The minimum atomic E-state index is -3.89. The molecule has 3 rings (SSSR count). The Bertz CT molecular complexity index is 1310. The number of methoxy groups -OCH3 is 4. The molecule has 0 aromatic heterocycles. The lowest BCUT2D eigenvalue weighted by atomic mass is 10.3. The topological polar surface area (TPSA) is 112 Å². The summed E-state index contributed by atoms with van der Waals surface area (Å²) in [5.41, 5.74) is 0.748. The van der Waals surface area contributed by atoms with Crippen molar-refractivity contribution in [2.75, 3.05) is 38.5 Å². The fourth-order valence-corrected chi connectivity index (χ4v) is 5.16. The summed E-state index contributed by atoms with van der Waals surface area (Å²) in [6.07, 6.45) is 0. The van der Waals surface area contributed by atoms with E-state index in [1.807, 2.05) is 6.07 Å². The number of ether oxygens (including phenoxy) is 4. The van der Waals surface area contributed by atoms with E-state index in [4.69, 9.17) is 18.9 Å². The molecule has 0 aliphatic rings. The molecule has 1 amide bonds. The summed E-state index contributed by atoms with van der Waals surface area (Å²) in [6.45, 7) is 1.78. The molecule has 2 N–H and O–H groups in total. The van der Waals surface area contributed by atoms with Crippen LogP contribution in [-0.4, -0.2) is 48.0 Å². The van der Waals surface area contributed by atoms with E-state index in [0.717, 1.165) is 4.90 Å². The Morgan fingerprint density at radius 2 is 1.47 bits per heavy atom. The second kappa shape index (κ2) is 11.9. The number of carbonyl (C=O) groups is 1. The second-order valence-corrected chi connectivity index (χ2v) is 10.6. The van der Waals surface area contributed by atoms with Gasteiger partial charge >= 0.3 is 0 Å². The van der Waals surface area contributed by atoms with Crippen LogP contribution in [0.15, 0.2) is 70.5 Å². The summed E-state index contributed by atoms with van der Waals surface area (Å²) < 4.78 is 49.2. The molecule has 3 aromatic carbocycles. The predicted octanol–water partition coefficient (Wildman–Crippen LogP) is 4.64. The first-order chi connectivity index (χ1) is 17.2. The zero-order chi connectivity index (χ0) is 26.3. The monoisotopic (exact) mass is 532 g/mol. The molecule has 0 bridgehead atoms. The lowest BCUT2D eigenvalue weighted by molar-refractivity contribution is -0.115. The highest BCUT2D eigenvalue weighted by Gasteiger charge is 2.19. The standard InChI is InChI=1S/C25H28N2O7S2/c1-16(35-19-9-13-22(32-3)24(15-19)34-5)25(28)26-17-6-10-20(11-7-17)36(29,30)27-21-12-8-18(31-2)14-23(21)33-4/h6-16,27H,1-5H3,(H,26,28)/t16-/m1/s1. The average molecular weight is 533 g/mol. The van der Waals surface area contributed by atoms with Crippen LogP contribution in [0.5, 0.6) is 23.0 Å². The first kappa shape index (κ1) is 27.0. The highest BCUT2D eigenvalue weighted by molar-refractivity contribution is 8.00. The third-order valence-electron chi connectivity index (χ3n) is 5.12. The zero-order valence-electron chi connectivity index (χ0n) is 20.5. The number of amides is 1. The van der Waals surface area contributed by atoms with Crippen LogP contribution in [0.25, 0.3) is 0 Å². The SMILES string of the molecule is COc1ccc(NS(=O)(=O)c2ccc(NC(=O)[C@@H](C)Sc3ccc(OC)c(OC)c3)cc2)c(OC)c1. The minimum Gasteiger partial charge on any atom is -0.497 e. The number of sulfonamides is 1.